The maximum Gasteiger partial charge on any atom is 0.0657 e. The van der Waals surface area contributed by atoms with Crippen molar-refractivity contribution in [2.24, 2.45) is 5.92 Å². The molecule has 0 atom stereocenters. The maximum atomic E-state index is 5.74. The Labute approximate surface area is 122 Å². The monoisotopic (exact) mass is 268 g/mol. The summed E-state index contributed by atoms with van der Waals surface area (Å²) in [6.07, 6.45) is 2.08. The Kier molecular flexibility index (Phi) is 4.97. The van der Waals surface area contributed by atoms with Gasteiger partial charge in [-0.1, -0.05) is 60.7 Å². The molecule has 0 saturated carbocycles. The Bertz CT molecular complexity index is 460. The molecule has 2 rings (SSSR count). The van der Waals surface area contributed by atoms with E-state index >= 15 is 0 Å². The molecular formula is C19H24O. The van der Waals surface area contributed by atoms with E-state index in [-0.39, 0.29) is 5.60 Å². The SMILES string of the molecule is COC(C)(C)C(Cc1ccccc1)Cc1ccccc1. The summed E-state index contributed by atoms with van der Waals surface area (Å²) < 4.78 is 5.74. The molecule has 0 N–H and O–H groups in total. The van der Waals surface area contributed by atoms with E-state index in [2.05, 4.69) is 74.5 Å². The average molecular weight is 268 g/mol. The number of hydrogen-bond acceptors (Lipinski definition) is 1. The van der Waals surface area contributed by atoms with Gasteiger partial charge in [0.2, 0.25) is 0 Å². The van der Waals surface area contributed by atoms with Crippen LogP contribution in [0.3, 0.4) is 0 Å². The Morgan fingerprint density at radius 2 is 1.20 bits per heavy atom. The van der Waals surface area contributed by atoms with Crippen LogP contribution in [0.15, 0.2) is 60.7 Å². The average Bonchev–Trinajstić information content (AvgIpc) is 2.49. The molecule has 0 aliphatic heterocycles. The summed E-state index contributed by atoms with van der Waals surface area (Å²) >= 11 is 0. The highest BCUT2D eigenvalue weighted by atomic mass is 16.5. The van der Waals surface area contributed by atoms with Gasteiger partial charge in [-0.15, -0.1) is 0 Å². The highest BCUT2D eigenvalue weighted by Crippen LogP contribution is 2.28. The van der Waals surface area contributed by atoms with Gasteiger partial charge in [0.1, 0.15) is 0 Å². The predicted octanol–water partition coefficient (Wildman–Crippen LogP) is 4.51. The Morgan fingerprint density at radius 3 is 1.55 bits per heavy atom. The van der Waals surface area contributed by atoms with Crippen LogP contribution in [0, 0.1) is 5.92 Å². The van der Waals surface area contributed by atoms with Crippen LogP contribution in [-0.4, -0.2) is 12.7 Å². The van der Waals surface area contributed by atoms with Crippen molar-refractivity contribution in [1.82, 2.24) is 0 Å². The molecule has 0 heterocycles. The van der Waals surface area contributed by atoms with Crippen molar-refractivity contribution in [3.05, 3.63) is 71.8 Å². The smallest absolute Gasteiger partial charge is 0.0657 e. The van der Waals surface area contributed by atoms with Gasteiger partial charge in [-0.25, -0.2) is 0 Å². The van der Waals surface area contributed by atoms with E-state index < -0.39 is 0 Å². The fourth-order valence-electron chi connectivity index (χ4n) is 2.53. The van der Waals surface area contributed by atoms with Crippen LogP contribution in [0.4, 0.5) is 0 Å². The van der Waals surface area contributed by atoms with Gasteiger partial charge in [0, 0.05) is 7.11 Å². The largest absolute Gasteiger partial charge is 0.379 e. The maximum absolute atomic E-state index is 5.74. The molecule has 0 spiro atoms. The van der Waals surface area contributed by atoms with E-state index in [0.29, 0.717) is 5.92 Å². The van der Waals surface area contributed by atoms with Crippen LogP contribution in [0.2, 0.25) is 0 Å². The molecule has 0 amide bonds. The molecule has 0 unspecified atom stereocenters. The van der Waals surface area contributed by atoms with Gasteiger partial charge in [-0.2, -0.15) is 0 Å². The van der Waals surface area contributed by atoms with Crippen LogP contribution < -0.4 is 0 Å². The summed E-state index contributed by atoms with van der Waals surface area (Å²) in [4.78, 5) is 0. The number of hydrogen-bond donors (Lipinski definition) is 0. The third kappa shape index (κ3) is 3.94. The van der Waals surface area contributed by atoms with E-state index in [0.717, 1.165) is 12.8 Å². The molecule has 106 valence electrons. The predicted molar refractivity (Wildman–Crippen MR) is 84.9 cm³/mol. The molecule has 0 fully saturated rings. The van der Waals surface area contributed by atoms with Crippen molar-refractivity contribution >= 4 is 0 Å². The molecular weight excluding hydrogens is 244 g/mol. The number of benzene rings is 2. The van der Waals surface area contributed by atoms with Crippen molar-refractivity contribution in [3.63, 3.8) is 0 Å². The summed E-state index contributed by atoms with van der Waals surface area (Å²) in [5.74, 6) is 0.456. The molecule has 1 heteroatoms. The Hall–Kier alpha value is -1.60. The topological polar surface area (TPSA) is 9.23 Å². The Balaban J connectivity index is 2.17. The Morgan fingerprint density at radius 1 is 0.800 bits per heavy atom. The van der Waals surface area contributed by atoms with E-state index in [9.17, 15) is 0 Å². The molecule has 2 aromatic rings. The first-order valence-corrected chi connectivity index (χ1v) is 7.25. The van der Waals surface area contributed by atoms with Crippen LogP contribution in [0.25, 0.3) is 0 Å². The molecule has 2 aromatic carbocycles. The van der Waals surface area contributed by atoms with E-state index in [1.54, 1.807) is 0 Å². The second-order valence-electron chi connectivity index (χ2n) is 5.88. The standard InChI is InChI=1S/C19H24O/c1-19(2,20-3)18(14-16-10-6-4-7-11-16)15-17-12-8-5-9-13-17/h4-13,18H,14-15H2,1-3H3. The second kappa shape index (κ2) is 6.71. The molecule has 0 aliphatic carbocycles. The molecule has 0 aliphatic rings. The molecule has 1 nitrogen and oxygen atoms in total. The molecule has 0 saturated heterocycles. The van der Waals surface area contributed by atoms with Gasteiger partial charge in [0.15, 0.2) is 0 Å². The normalized spacial score (nSPS) is 11.8. The molecule has 0 aromatic heterocycles. The first-order valence-electron chi connectivity index (χ1n) is 7.25. The van der Waals surface area contributed by atoms with Crippen LogP contribution >= 0.6 is 0 Å². The highest BCUT2D eigenvalue weighted by Gasteiger charge is 2.29. The lowest BCUT2D eigenvalue weighted by Gasteiger charge is -2.33. The van der Waals surface area contributed by atoms with Crippen molar-refractivity contribution in [1.29, 1.82) is 0 Å². The fraction of sp³-hybridized carbons (Fsp3) is 0.368. The third-order valence-corrected chi connectivity index (χ3v) is 4.16. The zero-order valence-electron chi connectivity index (χ0n) is 12.7. The van der Waals surface area contributed by atoms with Gasteiger partial charge in [-0.3, -0.25) is 0 Å². The van der Waals surface area contributed by atoms with Crippen LogP contribution in [-0.2, 0) is 17.6 Å². The van der Waals surface area contributed by atoms with Crippen molar-refractivity contribution in [2.75, 3.05) is 7.11 Å². The number of ether oxygens (including phenoxy) is 1. The zero-order chi connectivity index (χ0) is 14.4. The van der Waals surface area contributed by atoms with Crippen molar-refractivity contribution < 1.29 is 4.74 Å². The number of rotatable bonds is 6. The first kappa shape index (κ1) is 14.8. The van der Waals surface area contributed by atoms with E-state index in [1.807, 2.05) is 7.11 Å². The minimum absolute atomic E-state index is 0.133. The van der Waals surface area contributed by atoms with E-state index in [4.69, 9.17) is 4.74 Å². The van der Waals surface area contributed by atoms with Gasteiger partial charge < -0.3 is 4.74 Å². The highest BCUT2D eigenvalue weighted by molar-refractivity contribution is 5.19. The zero-order valence-corrected chi connectivity index (χ0v) is 12.7. The lowest BCUT2D eigenvalue weighted by molar-refractivity contribution is -0.0278. The van der Waals surface area contributed by atoms with Crippen molar-refractivity contribution in [2.45, 2.75) is 32.3 Å². The first-order chi connectivity index (χ1) is 9.62. The second-order valence-corrected chi connectivity index (χ2v) is 5.88. The lowest BCUT2D eigenvalue weighted by atomic mass is 9.81. The van der Waals surface area contributed by atoms with Gasteiger partial charge in [0.05, 0.1) is 5.60 Å². The summed E-state index contributed by atoms with van der Waals surface area (Å²) in [7, 11) is 1.81. The molecule has 20 heavy (non-hydrogen) atoms. The minimum Gasteiger partial charge on any atom is -0.379 e. The minimum atomic E-state index is -0.133. The summed E-state index contributed by atoms with van der Waals surface area (Å²) in [5, 5.41) is 0. The quantitative estimate of drug-likeness (QED) is 0.749. The fourth-order valence-corrected chi connectivity index (χ4v) is 2.53. The van der Waals surface area contributed by atoms with Gasteiger partial charge >= 0.3 is 0 Å². The lowest BCUT2D eigenvalue weighted by Crippen LogP contribution is -2.36. The molecule has 0 bridgehead atoms. The third-order valence-electron chi connectivity index (χ3n) is 4.16. The van der Waals surface area contributed by atoms with Crippen LogP contribution in [0.1, 0.15) is 25.0 Å². The summed E-state index contributed by atoms with van der Waals surface area (Å²) in [6, 6.07) is 21.3. The van der Waals surface area contributed by atoms with Crippen molar-refractivity contribution in [3.8, 4) is 0 Å². The summed E-state index contributed by atoms with van der Waals surface area (Å²) in [6.45, 7) is 4.37. The molecule has 0 radical (unpaired) electrons. The van der Waals surface area contributed by atoms with Gasteiger partial charge in [0.25, 0.3) is 0 Å². The summed E-state index contributed by atoms with van der Waals surface area (Å²) in [5.41, 5.74) is 2.61. The van der Waals surface area contributed by atoms with Crippen LogP contribution in [0.5, 0.6) is 0 Å². The van der Waals surface area contributed by atoms with E-state index in [1.165, 1.54) is 11.1 Å². The number of methoxy groups -OCH3 is 1. The van der Waals surface area contributed by atoms with Gasteiger partial charge in [-0.05, 0) is 43.7 Å².